The van der Waals surface area contributed by atoms with E-state index < -0.39 is 5.91 Å². The number of imidazole rings is 1. The molecule has 0 atom stereocenters. The van der Waals surface area contributed by atoms with Crippen LogP contribution in [0.15, 0.2) is 18.5 Å². The van der Waals surface area contributed by atoms with Crippen molar-refractivity contribution in [1.29, 1.82) is 0 Å². The molecule has 20 heavy (non-hydrogen) atoms. The lowest BCUT2D eigenvalue weighted by Crippen LogP contribution is -2.20. The summed E-state index contributed by atoms with van der Waals surface area (Å²) in [4.78, 5) is 27.6. The van der Waals surface area contributed by atoms with Crippen molar-refractivity contribution in [2.24, 2.45) is 14.1 Å². The summed E-state index contributed by atoms with van der Waals surface area (Å²) < 4.78 is 3.16. The number of rotatable bonds is 3. The van der Waals surface area contributed by atoms with Crippen molar-refractivity contribution in [2.75, 3.05) is 18.1 Å². The predicted molar refractivity (Wildman–Crippen MR) is 74.4 cm³/mol. The van der Waals surface area contributed by atoms with Crippen molar-refractivity contribution in [3.63, 3.8) is 0 Å². The van der Waals surface area contributed by atoms with Gasteiger partial charge in [-0.15, -0.1) is 0 Å². The molecular formula is C12H16N6O2. The Morgan fingerprint density at radius 3 is 2.45 bits per heavy atom. The number of nitrogens with two attached hydrogens (primary N) is 1. The van der Waals surface area contributed by atoms with Crippen LogP contribution < -0.4 is 16.4 Å². The maximum Gasteiger partial charge on any atom is 0.291 e. The number of hydrogen-bond acceptors (Lipinski definition) is 4. The van der Waals surface area contributed by atoms with E-state index in [2.05, 4.69) is 15.6 Å². The Morgan fingerprint density at radius 1 is 1.20 bits per heavy atom. The predicted octanol–water partition coefficient (Wildman–Crippen LogP) is -0.0473. The van der Waals surface area contributed by atoms with E-state index in [0.717, 1.165) is 0 Å². The van der Waals surface area contributed by atoms with Crippen molar-refractivity contribution in [3.05, 3.63) is 30.0 Å². The van der Waals surface area contributed by atoms with Gasteiger partial charge in [0.05, 0.1) is 5.69 Å². The average Bonchev–Trinajstić information content (AvgIpc) is 2.91. The summed E-state index contributed by atoms with van der Waals surface area (Å²) in [5, 5.41) is 5.20. The van der Waals surface area contributed by atoms with Gasteiger partial charge in [-0.05, 0) is 6.07 Å². The van der Waals surface area contributed by atoms with Crippen molar-refractivity contribution in [2.45, 2.75) is 0 Å². The minimum Gasteiger partial charge on any atom is -0.382 e. The smallest absolute Gasteiger partial charge is 0.291 e. The molecule has 0 fully saturated rings. The van der Waals surface area contributed by atoms with Crippen LogP contribution in [0.25, 0.3) is 0 Å². The van der Waals surface area contributed by atoms with Gasteiger partial charge in [-0.3, -0.25) is 9.59 Å². The van der Waals surface area contributed by atoms with Gasteiger partial charge in [0.2, 0.25) is 5.82 Å². The summed E-state index contributed by atoms with van der Waals surface area (Å²) in [5.74, 6) is -0.142. The number of nitrogens with one attached hydrogen (secondary N) is 2. The van der Waals surface area contributed by atoms with E-state index in [1.165, 1.54) is 4.57 Å². The van der Waals surface area contributed by atoms with E-state index >= 15 is 0 Å². The zero-order valence-electron chi connectivity index (χ0n) is 11.5. The molecule has 0 saturated carbocycles. The summed E-state index contributed by atoms with van der Waals surface area (Å²) in [5.41, 5.74) is 6.49. The Bertz CT molecular complexity index is 670. The molecule has 106 valence electrons. The van der Waals surface area contributed by atoms with Crippen LogP contribution in [0.5, 0.6) is 0 Å². The first-order valence-corrected chi connectivity index (χ1v) is 5.91. The van der Waals surface area contributed by atoms with Crippen LogP contribution in [-0.4, -0.2) is 33.0 Å². The molecule has 4 N–H and O–H groups in total. The topological polar surface area (TPSA) is 107 Å². The van der Waals surface area contributed by atoms with Gasteiger partial charge >= 0.3 is 0 Å². The SMILES string of the molecule is CNC(=O)c1cc(NC(=O)c2nc(N)cn2C)cn1C. The van der Waals surface area contributed by atoms with Gasteiger partial charge in [0.25, 0.3) is 11.8 Å². The zero-order chi connectivity index (χ0) is 14.9. The van der Waals surface area contributed by atoms with E-state index in [1.807, 2.05) is 0 Å². The third-order valence-corrected chi connectivity index (χ3v) is 2.82. The van der Waals surface area contributed by atoms with Crippen molar-refractivity contribution in [3.8, 4) is 0 Å². The van der Waals surface area contributed by atoms with E-state index in [4.69, 9.17) is 5.73 Å². The molecule has 0 bridgehead atoms. The number of anilines is 2. The molecule has 8 heteroatoms. The molecule has 2 aromatic rings. The first-order chi connectivity index (χ1) is 9.42. The second-order valence-electron chi connectivity index (χ2n) is 4.36. The van der Waals surface area contributed by atoms with Crippen LogP contribution in [0.4, 0.5) is 11.5 Å². The van der Waals surface area contributed by atoms with Crippen LogP contribution in [0.2, 0.25) is 0 Å². The number of amides is 2. The highest BCUT2D eigenvalue weighted by atomic mass is 16.2. The molecule has 2 amide bonds. The molecule has 0 aromatic carbocycles. The molecule has 0 saturated heterocycles. The maximum atomic E-state index is 12.0. The third-order valence-electron chi connectivity index (χ3n) is 2.82. The summed E-state index contributed by atoms with van der Waals surface area (Å²) >= 11 is 0. The van der Waals surface area contributed by atoms with Crippen LogP contribution >= 0.6 is 0 Å². The average molecular weight is 276 g/mol. The van der Waals surface area contributed by atoms with Crippen molar-refractivity contribution < 1.29 is 9.59 Å². The fraction of sp³-hybridized carbons (Fsp3) is 0.250. The Balaban J connectivity index is 2.20. The molecule has 0 radical (unpaired) electrons. The molecule has 0 spiro atoms. The fourth-order valence-electron chi connectivity index (χ4n) is 1.87. The monoisotopic (exact) mass is 276 g/mol. The molecule has 0 aliphatic heterocycles. The molecule has 0 aliphatic carbocycles. The fourth-order valence-corrected chi connectivity index (χ4v) is 1.87. The first-order valence-electron chi connectivity index (χ1n) is 5.91. The van der Waals surface area contributed by atoms with E-state index in [1.54, 1.807) is 44.2 Å². The largest absolute Gasteiger partial charge is 0.382 e. The molecule has 2 aromatic heterocycles. The molecular weight excluding hydrogens is 260 g/mol. The summed E-state index contributed by atoms with van der Waals surface area (Å²) in [6, 6.07) is 1.59. The normalized spacial score (nSPS) is 10.3. The number of nitrogens with zero attached hydrogens (tertiary/aromatic N) is 3. The number of nitrogen functional groups attached to an aromatic ring is 1. The lowest BCUT2D eigenvalue weighted by Gasteiger charge is -2.01. The number of aromatic nitrogens is 3. The molecule has 2 heterocycles. The van der Waals surface area contributed by atoms with Gasteiger partial charge < -0.3 is 25.5 Å². The van der Waals surface area contributed by atoms with Crippen molar-refractivity contribution >= 4 is 23.3 Å². The lowest BCUT2D eigenvalue weighted by molar-refractivity contribution is 0.0953. The molecule has 2 rings (SSSR count). The van der Waals surface area contributed by atoms with Gasteiger partial charge in [0.1, 0.15) is 11.5 Å². The molecule has 8 nitrogen and oxygen atoms in total. The van der Waals surface area contributed by atoms with E-state index in [0.29, 0.717) is 11.4 Å². The first kappa shape index (κ1) is 13.7. The van der Waals surface area contributed by atoms with Crippen LogP contribution in [0.3, 0.4) is 0 Å². The molecule has 0 unspecified atom stereocenters. The summed E-state index contributed by atoms with van der Waals surface area (Å²) in [6.07, 6.45) is 3.20. The third kappa shape index (κ3) is 2.48. The highest BCUT2D eigenvalue weighted by Gasteiger charge is 2.16. The number of carbonyl (C=O) groups is 2. The van der Waals surface area contributed by atoms with Gasteiger partial charge in [0, 0.05) is 33.5 Å². The minimum absolute atomic E-state index is 0.202. The highest BCUT2D eigenvalue weighted by molar-refractivity contribution is 6.03. The number of carbonyl (C=O) groups excluding carboxylic acids is 2. The Labute approximate surface area is 115 Å². The summed E-state index contributed by atoms with van der Waals surface area (Å²) in [6.45, 7) is 0. The van der Waals surface area contributed by atoms with Gasteiger partial charge in [0.15, 0.2) is 0 Å². The highest BCUT2D eigenvalue weighted by Crippen LogP contribution is 2.14. The molecule has 0 aliphatic rings. The number of hydrogen-bond donors (Lipinski definition) is 3. The Hall–Kier alpha value is -2.77. The van der Waals surface area contributed by atoms with Crippen LogP contribution in [0.1, 0.15) is 21.1 Å². The Morgan fingerprint density at radius 2 is 1.90 bits per heavy atom. The quantitative estimate of drug-likeness (QED) is 0.730. The van der Waals surface area contributed by atoms with Crippen LogP contribution in [-0.2, 0) is 14.1 Å². The van der Waals surface area contributed by atoms with Gasteiger partial charge in [-0.2, -0.15) is 0 Å². The number of aryl methyl sites for hydroxylation is 2. The van der Waals surface area contributed by atoms with E-state index in [9.17, 15) is 9.59 Å². The van der Waals surface area contributed by atoms with Crippen LogP contribution in [0, 0.1) is 0 Å². The standard InChI is InChI=1S/C12H16N6O2/c1-14-11(19)8-4-7(5-17(8)2)15-12(20)10-16-9(13)6-18(10)3/h4-6H,13H2,1-3H3,(H,14,19)(H,15,20). The van der Waals surface area contributed by atoms with Gasteiger partial charge in [-0.25, -0.2) is 4.98 Å². The summed E-state index contributed by atoms with van der Waals surface area (Å²) in [7, 11) is 4.95. The van der Waals surface area contributed by atoms with Gasteiger partial charge in [-0.1, -0.05) is 0 Å². The van der Waals surface area contributed by atoms with E-state index in [-0.39, 0.29) is 17.5 Å². The maximum absolute atomic E-state index is 12.0. The second kappa shape index (κ2) is 5.08. The lowest BCUT2D eigenvalue weighted by atomic mass is 10.3. The Kier molecular flexibility index (Phi) is 3.47. The van der Waals surface area contributed by atoms with Crippen molar-refractivity contribution in [1.82, 2.24) is 19.4 Å². The minimum atomic E-state index is -0.391. The zero-order valence-corrected chi connectivity index (χ0v) is 11.5. The second-order valence-corrected chi connectivity index (χ2v) is 4.36.